The standard InChI is InChI=1S/C20H20O2/c1-13-3-7-15(8-4-13)19(21)17-11-12-18(17)20(22)16-9-5-14(2)6-10-16/h3-10,17-18H,11-12H2,1-2H3. The number of ketones is 2. The number of carbonyl (C=O) groups excluding carboxylic acids is 2. The topological polar surface area (TPSA) is 34.1 Å². The molecule has 0 radical (unpaired) electrons. The van der Waals surface area contributed by atoms with Gasteiger partial charge in [0.25, 0.3) is 0 Å². The zero-order valence-electron chi connectivity index (χ0n) is 13.0. The fourth-order valence-corrected chi connectivity index (χ4v) is 2.99. The molecule has 22 heavy (non-hydrogen) atoms. The molecule has 1 saturated carbocycles. The summed E-state index contributed by atoms with van der Waals surface area (Å²) in [5, 5.41) is 0. The lowest BCUT2D eigenvalue weighted by atomic mass is 9.67. The van der Waals surface area contributed by atoms with Crippen molar-refractivity contribution < 1.29 is 9.59 Å². The third-order valence-corrected chi connectivity index (χ3v) is 4.62. The monoisotopic (exact) mass is 292 g/mol. The minimum Gasteiger partial charge on any atom is -0.294 e. The average Bonchev–Trinajstić information content (AvgIpc) is 2.47. The number of benzene rings is 2. The van der Waals surface area contributed by atoms with Gasteiger partial charge in [-0.15, -0.1) is 0 Å². The van der Waals surface area contributed by atoms with Crippen LogP contribution in [0.4, 0.5) is 0 Å². The first-order chi connectivity index (χ1) is 10.6. The van der Waals surface area contributed by atoms with E-state index in [0.29, 0.717) is 0 Å². The Balaban J connectivity index is 1.76. The van der Waals surface area contributed by atoms with Crippen molar-refractivity contribution >= 4 is 11.6 Å². The lowest BCUT2D eigenvalue weighted by Gasteiger charge is -2.34. The van der Waals surface area contributed by atoms with Crippen molar-refractivity contribution in [1.29, 1.82) is 0 Å². The van der Waals surface area contributed by atoms with E-state index >= 15 is 0 Å². The molecule has 2 aromatic rings. The number of hydrogen-bond donors (Lipinski definition) is 0. The highest BCUT2D eigenvalue weighted by molar-refractivity contribution is 6.06. The van der Waals surface area contributed by atoms with E-state index < -0.39 is 0 Å². The van der Waals surface area contributed by atoms with Crippen molar-refractivity contribution in [3.8, 4) is 0 Å². The lowest BCUT2D eigenvalue weighted by molar-refractivity contribution is 0.0618. The van der Waals surface area contributed by atoms with Gasteiger partial charge >= 0.3 is 0 Å². The number of aryl methyl sites for hydroxylation is 2. The number of Topliss-reactive ketones (excluding diaryl/α,β-unsaturated/α-hetero) is 2. The molecule has 2 heteroatoms. The fraction of sp³-hybridized carbons (Fsp3) is 0.300. The maximum absolute atomic E-state index is 12.6. The summed E-state index contributed by atoms with van der Waals surface area (Å²) in [6, 6.07) is 15.2. The van der Waals surface area contributed by atoms with Gasteiger partial charge < -0.3 is 0 Å². The Hall–Kier alpha value is -2.22. The summed E-state index contributed by atoms with van der Waals surface area (Å²) in [6.45, 7) is 4.00. The molecule has 3 rings (SSSR count). The van der Waals surface area contributed by atoms with Gasteiger partial charge in [0.05, 0.1) is 0 Å². The van der Waals surface area contributed by atoms with Crippen molar-refractivity contribution in [3.63, 3.8) is 0 Å². The summed E-state index contributed by atoms with van der Waals surface area (Å²) in [7, 11) is 0. The second kappa shape index (κ2) is 5.88. The molecule has 0 aromatic heterocycles. The Morgan fingerprint density at radius 3 is 1.27 bits per heavy atom. The molecule has 0 amide bonds. The molecule has 0 N–H and O–H groups in total. The van der Waals surface area contributed by atoms with Crippen LogP contribution in [0.5, 0.6) is 0 Å². The largest absolute Gasteiger partial charge is 0.294 e. The second-order valence-corrected chi connectivity index (χ2v) is 6.25. The van der Waals surface area contributed by atoms with Crippen LogP contribution in [0.15, 0.2) is 48.5 Å². The van der Waals surface area contributed by atoms with Gasteiger partial charge in [-0.1, -0.05) is 59.7 Å². The van der Waals surface area contributed by atoms with Crippen LogP contribution >= 0.6 is 0 Å². The molecule has 0 saturated heterocycles. The maximum atomic E-state index is 12.6. The Morgan fingerprint density at radius 2 is 1.00 bits per heavy atom. The minimum absolute atomic E-state index is 0.108. The van der Waals surface area contributed by atoms with Crippen LogP contribution in [-0.2, 0) is 0 Å². The van der Waals surface area contributed by atoms with Crippen LogP contribution in [-0.4, -0.2) is 11.6 Å². The predicted octanol–water partition coefficient (Wildman–Crippen LogP) is 4.40. The highest BCUT2D eigenvalue weighted by Crippen LogP contribution is 2.39. The molecule has 112 valence electrons. The van der Waals surface area contributed by atoms with Crippen molar-refractivity contribution in [2.24, 2.45) is 11.8 Å². The average molecular weight is 292 g/mol. The Morgan fingerprint density at radius 1 is 0.682 bits per heavy atom. The molecular formula is C20H20O2. The minimum atomic E-state index is -0.156. The van der Waals surface area contributed by atoms with E-state index in [9.17, 15) is 9.59 Å². The molecule has 0 heterocycles. The van der Waals surface area contributed by atoms with Crippen molar-refractivity contribution in [3.05, 3.63) is 70.8 Å². The molecule has 0 bridgehead atoms. The van der Waals surface area contributed by atoms with E-state index in [-0.39, 0.29) is 23.4 Å². The molecule has 1 aliphatic carbocycles. The Kier molecular flexibility index (Phi) is 3.93. The maximum Gasteiger partial charge on any atom is 0.166 e. The number of hydrogen-bond acceptors (Lipinski definition) is 2. The summed E-state index contributed by atoms with van der Waals surface area (Å²) in [6.07, 6.45) is 1.63. The highest BCUT2D eigenvalue weighted by Gasteiger charge is 2.41. The molecule has 2 aromatic carbocycles. The summed E-state index contributed by atoms with van der Waals surface area (Å²) < 4.78 is 0. The zero-order chi connectivity index (χ0) is 15.7. The first kappa shape index (κ1) is 14.7. The first-order valence-electron chi connectivity index (χ1n) is 7.78. The van der Waals surface area contributed by atoms with Crippen molar-refractivity contribution in [2.45, 2.75) is 26.7 Å². The summed E-state index contributed by atoms with van der Waals surface area (Å²) in [4.78, 5) is 25.2. The van der Waals surface area contributed by atoms with Gasteiger partial charge in [0.1, 0.15) is 0 Å². The molecular weight excluding hydrogens is 272 g/mol. The molecule has 0 aliphatic heterocycles. The van der Waals surface area contributed by atoms with E-state index in [0.717, 1.165) is 35.1 Å². The number of rotatable bonds is 4. The molecule has 0 spiro atoms. The SMILES string of the molecule is Cc1ccc(C(=O)C2CCC2C(=O)c2ccc(C)cc2)cc1. The van der Waals surface area contributed by atoms with Gasteiger partial charge in [-0.05, 0) is 26.7 Å². The Labute approximate surface area is 131 Å². The summed E-state index contributed by atoms with van der Waals surface area (Å²) >= 11 is 0. The van der Waals surface area contributed by atoms with E-state index in [2.05, 4.69) is 0 Å². The van der Waals surface area contributed by atoms with Crippen LogP contribution in [0.25, 0.3) is 0 Å². The summed E-state index contributed by atoms with van der Waals surface area (Å²) in [5.41, 5.74) is 3.71. The van der Waals surface area contributed by atoms with Crippen LogP contribution in [0.2, 0.25) is 0 Å². The van der Waals surface area contributed by atoms with Gasteiger partial charge in [-0.25, -0.2) is 0 Å². The van der Waals surface area contributed by atoms with Gasteiger partial charge in [0.2, 0.25) is 0 Å². The van der Waals surface area contributed by atoms with Crippen LogP contribution in [0.1, 0.15) is 44.7 Å². The predicted molar refractivity (Wildman–Crippen MR) is 87.2 cm³/mol. The van der Waals surface area contributed by atoms with Gasteiger partial charge in [-0.3, -0.25) is 9.59 Å². The molecule has 2 nitrogen and oxygen atoms in total. The third kappa shape index (κ3) is 2.74. The summed E-state index contributed by atoms with van der Waals surface area (Å²) in [5.74, 6) is -0.0959. The molecule has 1 fully saturated rings. The third-order valence-electron chi connectivity index (χ3n) is 4.62. The van der Waals surface area contributed by atoms with Crippen LogP contribution in [0, 0.1) is 25.7 Å². The molecule has 2 atom stereocenters. The first-order valence-corrected chi connectivity index (χ1v) is 7.78. The quantitative estimate of drug-likeness (QED) is 0.783. The second-order valence-electron chi connectivity index (χ2n) is 6.25. The zero-order valence-corrected chi connectivity index (χ0v) is 13.0. The van der Waals surface area contributed by atoms with E-state index in [4.69, 9.17) is 0 Å². The van der Waals surface area contributed by atoms with Crippen molar-refractivity contribution in [1.82, 2.24) is 0 Å². The Bertz CT molecular complexity index is 632. The van der Waals surface area contributed by atoms with Crippen molar-refractivity contribution in [2.75, 3.05) is 0 Å². The van der Waals surface area contributed by atoms with Crippen LogP contribution in [0.3, 0.4) is 0 Å². The normalized spacial score (nSPS) is 20.3. The molecule has 2 unspecified atom stereocenters. The van der Waals surface area contributed by atoms with Crippen LogP contribution < -0.4 is 0 Å². The van der Waals surface area contributed by atoms with E-state index in [1.807, 2.05) is 62.4 Å². The smallest absolute Gasteiger partial charge is 0.166 e. The van der Waals surface area contributed by atoms with E-state index in [1.54, 1.807) is 0 Å². The van der Waals surface area contributed by atoms with E-state index in [1.165, 1.54) is 0 Å². The molecule has 1 aliphatic rings. The number of carbonyl (C=O) groups is 2. The van der Waals surface area contributed by atoms with Gasteiger partial charge in [0.15, 0.2) is 11.6 Å². The lowest BCUT2D eigenvalue weighted by Crippen LogP contribution is -2.38. The van der Waals surface area contributed by atoms with Gasteiger partial charge in [0, 0.05) is 23.0 Å². The van der Waals surface area contributed by atoms with Gasteiger partial charge in [-0.2, -0.15) is 0 Å². The highest BCUT2D eigenvalue weighted by atomic mass is 16.1. The fourth-order valence-electron chi connectivity index (χ4n) is 2.99.